The Kier molecular flexibility index (Phi) is 6.11. The summed E-state index contributed by atoms with van der Waals surface area (Å²) < 4.78 is 4.91. The number of piperidine rings is 1. The van der Waals surface area contributed by atoms with Crippen LogP contribution in [0, 0.1) is 0 Å². The van der Waals surface area contributed by atoms with Crippen molar-refractivity contribution in [2.24, 2.45) is 0 Å². The van der Waals surface area contributed by atoms with Crippen molar-refractivity contribution < 1.29 is 23.9 Å². The van der Waals surface area contributed by atoms with E-state index in [1.807, 2.05) is 6.07 Å². The van der Waals surface area contributed by atoms with E-state index < -0.39 is 12.1 Å². The van der Waals surface area contributed by atoms with Crippen LogP contribution in [0.2, 0.25) is 0 Å². The highest BCUT2D eigenvalue weighted by Gasteiger charge is 2.47. The first-order chi connectivity index (χ1) is 15.0. The molecule has 1 saturated carbocycles. The van der Waals surface area contributed by atoms with Gasteiger partial charge in [-0.3, -0.25) is 14.4 Å². The van der Waals surface area contributed by atoms with Crippen LogP contribution in [-0.4, -0.2) is 71.9 Å². The number of rotatable bonds is 6. The Balaban J connectivity index is 1.35. The second-order valence-electron chi connectivity index (χ2n) is 8.19. The lowest BCUT2D eigenvalue weighted by molar-refractivity contribution is -0.135. The van der Waals surface area contributed by atoms with Crippen molar-refractivity contribution in [3.8, 4) is 0 Å². The van der Waals surface area contributed by atoms with E-state index in [0.717, 1.165) is 25.7 Å². The number of hydrogen-bond acceptors (Lipinski definition) is 5. The van der Waals surface area contributed by atoms with E-state index in [-0.39, 0.29) is 43.0 Å². The Morgan fingerprint density at radius 2 is 1.94 bits per heavy atom. The molecule has 3 aliphatic rings. The zero-order chi connectivity index (χ0) is 22.0. The van der Waals surface area contributed by atoms with Gasteiger partial charge in [0.1, 0.15) is 6.04 Å². The van der Waals surface area contributed by atoms with Crippen molar-refractivity contribution in [1.82, 2.24) is 20.4 Å². The number of likely N-dealkylation sites (tertiary alicyclic amines) is 1. The number of carbonyl (C=O) groups is 4. The van der Waals surface area contributed by atoms with Crippen molar-refractivity contribution in [3.63, 3.8) is 0 Å². The number of carbonyl (C=O) groups excluding carboxylic acids is 4. The standard InChI is InChI=1S/C22H28N4O5/c1-2-31-22(30)24-14-6-5-11-25(13-14)18(27)12-23-20(28)19-16-7-3-4-8-17(16)21(29)26(19)15-9-10-15/h3-4,7-8,14-15,19H,2,5-6,9-13H2,1H3,(H,23,28)(H,24,30). The highest BCUT2D eigenvalue weighted by atomic mass is 16.5. The molecule has 2 unspecified atom stereocenters. The zero-order valence-corrected chi connectivity index (χ0v) is 17.6. The highest BCUT2D eigenvalue weighted by Crippen LogP contribution is 2.41. The van der Waals surface area contributed by atoms with Crippen LogP contribution in [0.4, 0.5) is 4.79 Å². The van der Waals surface area contributed by atoms with Gasteiger partial charge < -0.3 is 25.2 Å². The molecule has 4 amide bonds. The van der Waals surface area contributed by atoms with Gasteiger partial charge in [0.15, 0.2) is 0 Å². The van der Waals surface area contributed by atoms with E-state index in [4.69, 9.17) is 4.74 Å². The van der Waals surface area contributed by atoms with E-state index in [1.165, 1.54) is 0 Å². The third-order valence-electron chi connectivity index (χ3n) is 5.97. The molecular formula is C22H28N4O5. The predicted molar refractivity (Wildman–Crippen MR) is 111 cm³/mol. The van der Waals surface area contributed by atoms with E-state index in [2.05, 4.69) is 10.6 Å². The normalized spacial score (nSPS) is 22.7. The lowest BCUT2D eigenvalue weighted by atomic mass is 10.0. The highest BCUT2D eigenvalue weighted by molar-refractivity contribution is 6.05. The quantitative estimate of drug-likeness (QED) is 0.708. The second kappa shape index (κ2) is 8.95. The Hall–Kier alpha value is -3.10. The lowest BCUT2D eigenvalue weighted by Gasteiger charge is -2.33. The van der Waals surface area contributed by atoms with Crippen LogP contribution >= 0.6 is 0 Å². The third kappa shape index (κ3) is 4.50. The van der Waals surface area contributed by atoms with Gasteiger partial charge in [0.25, 0.3) is 5.91 Å². The summed E-state index contributed by atoms with van der Waals surface area (Å²) in [5, 5.41) is 5.50. The number of alkyl carbamates (subject to hydrolysis) is 1. The molecule has 9 nitrogen and oxygen atoms in total. The van der Waals surface area contributed by atoms with Crippen LogP contribution in [0.15, 0.2) is 24.3 Å². The van der Waals surface area contributed by atoms with Gasteiger partial charge in [-0.15, -0.1) is 0 Å². The molecule has 0 bridgehead atoms. The van der Waals surface area contributed by atoms with Crippen molar-refractivity contribution in [1.29, 1.82) is 0 Å². The fourth-order valence-electron chi connectivity index (χ4n) is 4.37. The summed E-state index contributed by atoms with van der Waals surface area (Å²) in [6, 6.07) is 6.39. The maximum atomic E-state index is 13.0. The molecule has 1 saturated heterocycles. The number of hydrogen-bond donors (Lipinski definition) is 2. The Labute approximate surface area is 181 Å². The van der Waals surface area contributed by atoms with Gasteiger partial charge in [0, 0.05) is 30.7 Å². The molecular weight excluding hydrogens is 400 g/mol. The summed E-state index contributed by atoms with van der Waals surface area (Å²) in [4.78, 5) is 53.4. The van der Waals surface area contributed by atoms with Gasteiger partial charge in [-0.1, -0.05) is 18.2 Å². The SMILES string of the molecule is CCOC(=O)NC1CCCN(C(=O)CNC(=O)C2c3ccccc3C(=O)N2C2CC2)C1. The summed E-state index contributed by atoms with van der Waals surface area (Å²) in [6.45, 7) is 2.84. The molecule has 0 aromatic heterocycles. The van der Waals surface area contributed by atoms with Gasteiger partial charge in [0.2, 0.25) is 11.8 Å². The van der Waals surface area contributed by atoms with Crippen molar-refractivity contribution >= 4 is 23.8 Å². The molecule has 2 N–H and O–H groups in total. The zero-order valence-electron chi connectivity index (χ0n) is 17.6. The fourth-order valence-corrected chi connectivity index (χ4v) is 4.37. The Morgan fingerprint density at radius 3 is 2.68 bits per heavy atom. The molecule has 1 aliphatic carbocycles. The van der Waals surface area contributed by atoms with Crippen LogP contribution in [-0.2, 0) is 14.3 Å². The van der Waals surface area contributed by atoms with Gasteiger partial charge in [0.05, 0.1) is 13.2 Å². The maximum Gasteiger partial charge on any atom is 0.407 e. The van der Waals surface area contributed by atoms with Crippen LogP contribution in [0.3, 0.4) is 0 Å². The van der Waals surface area contributed by atoms with Crippen molar-refractivity contribution in [3.05, 3.63) is 35.4 Å². The first-order valence-corrected chi connectivity index (χ1v) is 10.9. The largest absolute Gasteiger partial charge is 0.450 e. The van der Waals surface area contributed by atoms with Crippen LogP contribution in [0.25, 0.3) is 0 Å². The summed E-state index contributed by atoms with van der Waals surface area (Å²) in [7, 11) is 0. The number of benzene rings is 1. The molecule has 4 rings (SSSR count). The van der Waals surface area contributed by atoms with Gasteiger partial charge >= 0.3 is 6.09 Å². The first kappa shape index (κ1) is 21.1. The number of ether oxygens (including phenoxy) is 1. The van der Waals surface area contributed by atoms with Crippen LogP contribution < -0.4 is 10.6 Å². The molecule has 0 spiro atoms. The van der Waals surface area contributed by atoms with E-state index >= 15 is 0 Å². The molecule has 31 heavy (non-hydrogen) atoms. The van der Waals surface area contributed by atoms with Crippen molar-refractivity contribution in [2.45, 2.75) is 50.7 Å². The van der Waals surface area contributed by atoms with E-state index in [1.54, 1.807) is 34.9 Å². The summed E-state index contributed by atoms with van der Waals surface area (Å²) in [5.74, 6) is -0.662. The molecule has 2 fully saturated rings. The lowest BCUT2D eigenvalue weighted by Crippen LogP contribution is -2.52. The van der Waals surface area contributed by atoms with Gasteiger partial charge in [-0.25, -0.2) is 4.79 Å². The monoisotopic (exact) mass is 428 g/mol. The minimum Gasteiger partial charge on any atom is -0.450 e. The smallest absolute Gasteiger partial charge is 0.407 e. The summed E-state index contributed by atoms with van der Waals surface area (Å²) >= 11 is 0. The first-order valence-electron chi connectivity index (χ1n) is 10.9. The predicted octanol–water partition coefficient (Wildman–Crippen LogP) is 1.20. The van der Waals surface area contributed by atoms with Gasteiger partial charge in [-0.2, -0.15) is 0 Å². The molecule has 1 aromatic rings. The maximum absolute atomic E-state index is 13.0. The minimum absolute atomic E-state index is 0.0863. The van der Waals surface area contributed by atoms with Crippen LogP contribution in [0.5, 0.6) is 0 Å². The van der Waals surface area contributed by atoms with Gasteiger partial charge in [-0.05, 0) is 44.2 Å². The van der Waals surface area contributed by atoms with Crippen molar-refractivity contribution in [2.75, 3.05) is 26.2 Å². The average Bonchev–Trinajstić information content (AvgIpc) is 3.56. The molecule has 2 heterocycles. The van der Waals surface area contributed by atoms with E-state index in [0.29, 0.717) is 24.2 Å². The molecule has 2 atom stereocenters. The van der Waals surface area contributed by atoms with Crippen LogP contribution in [0.1, 0.15) is 54.6 Å². The number of fused-ring (bicyclic) bond motifs is 1. The molecule has 0 radical (unpaired) electrons. The fraction of sp³-hybridized carbons (Fsp3) is 0.545. The number of nitrogens with one attached hydrogen (secondary N) is 2. The Morgan fingerprint density at radius 1 is 1.16 bits per heavy atom. The molecule has 9 heteroatoms. The summed E-state index contributed by atoms with van der Waals surface area (Å²) in [6.07, 6.45) is 2.83. The Bertz CT molecular complexity index is 884. The number of nitrogens with zero attached hydrogens (tertiary/aromatic N) is 2. The second-order valence-corrected chi connectivity index (χ2v) is 8.19. The molecule has 1 aromatic carbocycles. The minimum atomic E-state index is -0.691. The average molecular weight is 428 g/mol. The third-order valence-corrected chi connectivity index (χ3v) is 5.97. The molecule has 2 aliphatic heterocycles. The topological polar surface area (TPSA) is 108 Å². The summed E-state index contributed by atoms with van der Waals surface area (Å²) in [5.41, 5.74) is 1.26. The van der Waals surface area contributed by atoms with E-state index in [9.17, 15) is 19.2 Å². The molecule has 166 valence electrons. The number of amides is 4.